The number of hydrogen-bond acceptors (Lipinski definition) is 5. The summed E-state index contributed by atoms with van der Waals surface area (Å²) in [6, 6.07) is 0.418. The predicted molar refractivity (Wildman–Crippen MR) is 70.6 cm³/mol. The number of rotatable bonds is 6. The van der Waals surface area contributed by atoms with Crippen LogP contribution in [-0.2, 0) is 16.0 Å². The van der Waals surface area contributed by atoms with Crippen molar-refractivity contribution in [3.8, 4) is 0 Å². The number of ether oxygens (including phenoxy) is 1. The summed E-state index contributed by atoms with van der Waals surface area (Å²) in [5.74, 6) is -0.211. The molecule has 0 radical (unpaired) electrons. The van der Waals surface area contributed by atoms with E-state index in [9.17, 15) is 4.79 Å². The molecule has 5 heteroatoms. The minimum Gasteiger partial charge on any atom is -0.466 e. The molecule has 1 rings (SSSR count). The minimum atomic E-state index is -0.211. The molecule has 17 heavy (non-hydrogen) atoms. The highest BCUT2D eigenvalue weighted by Gasteiger charge is 2.14. The topological polar surface area (TPSA) is 42.4 Å². The molecule has 0 aliphatic rings. The monoisotopic (exact) mass is 256 g/mol. The van der Waals surface area contributed by atoms with Crippen LogP contribution in [0.3, 0.4) is 0 Å². The van der Waals surface area contributed by atoms with Gasteiger partial charge in [0.1, 0.15) is 0 Å². The fourth-order valence-electron chi connectivity index (χ4n) is 1.59. The first kappa shape index (κ1) is 14.0. The molecule has 0 atom stereocenters. The van der Waals surface area contributed by atoms with E-state index in [1.165, 1.54) is 0 Å². The lowest BCUT2D eigenvalue weighted by molar-refractivity contribution is -0.142. The maximum absolute atomic E-state index is 11.3. The van der Waals surface area contributed by atoms with E-state index >= 15 is 0 Å². The first-order valence-electron chi connectivity index (χ1n) is 5.95. The van der Waals surface area contributed by atoms with E-state index in [0.29, 0.717) is 12.6 Å². The number of nitrogens with zero attached hydrogens (tertiary/aromatic N) is 2. The summed E-state index contributed by atoms with van der Waals surface area (Å²) in [6.45, 7) is 9.52. The molecule has 0 aliphatic carbocycles. The van der Waals surface area contributed by atoms with E-state index < -0.39 is 0 Å². The molecular formula is C12H20N2O2S. The Bertz CT molecular complexity index is 363. The average molecular weight is 256 g/mol. The molecule has 0 saturated heterocycles. The van der Waals surface area contributed by atoms with Crippen LogP contribution in [0.5, 0.6) is 0 Å². The second-order valence-corrected chi connectivity index (χ2v) is 4.82. The van der Waals surface area contributed by atoms with Crippen LogP contribution in [0.25, 0.3) is 0 Å². The van der Waals surface area contributed by atoms with Gasteiger partial charge in [-0.1, -0.05) is 0 Å². The van der Waals surface area contributed by atoms with Gasteiger partial charge < -0.3 is 9.64 Å². The Balaban J connectivity index is 2.67. The van der Waals surface area contributed by atoms with Crippen molar-refractivity contribution in [2.24, 2.45) is 0 Å². The molecule has 1 aromatic heterocycles. The Hall–Kier alpha value is -1.10. The SMILES string of the molecule is CCOC(=O)Cc1csc(N(CC)C(C)C)n1. The van der Waals surface area contributed by atoms with Crippen molar-refractivity contribution in [1.29, 1.82) is 0 Å². The van der Waals surface area contributed by atoms with Crippen LogP contribution in [0.2, 0.25) is 0 Å². The van der Waals surface area contributed by atoms with Gasteiger partial charge in [0, 0.05) is 18.0 Å². The molecule has 1 heterocycles. The van der Waals surface area contributed by atoms with Gasteiger partial charge in [-0.05, 0) is 27.7 Å². The molecule has 0 unspecified atom stereocenters. The first-order valence-corrected chi connectivity index (χ1v) is 6.83. The standard InChI is InChI=1S/C12H20N2O2S/c1-5-14(9(3)4)12-13-10(8-17-12)7-11(15)16-6-2/h8-9H,5-7H2,1-4H3. The summed E-state index contributed by atoms with van der Waals surface area (Å²) < 4.78 is 4.90. The van der Waals surface area contributed by atoms with Crippen molar-refractivity contribution in [3.63, 3.8) is 0 Å². The fourth-order valence-corrected chi connectivity index (χ4v) is 2.61. The molecule has 0 spiro atoms. The third kappa shape index (κ3) is 4.00. The molecule has 0 bridgehead atoms. The van der Waals surface area contributed by atoms with Crippen LogP contribution in [0.1, 0.15) is 33.4 Å². The number of carbonyl (C=O) groups is 1. The van der Waals surface area contributed by atoms with Crippen LogP contribution in [-0.4, -0.2) is 30.1 Å². The molecule has 0 aromatic carbocycles. The van der Waals surface area contributed by atoms with Crippen LogP contribution in [0.15, 0.2) is 5.38 Å². The van der Waals surface area contributed by atoms with Crippen LogP contribution in [0, 0.1) is 0 Å². The maximum atomic E-state index is 11.3. The van der Waals surface area contributed by atoms with Gasteiger partial charge in [-0.3, -0.25) is 4.79 Å². The smallest absolute Gasteiger partial charge is 0.311 e. The number of aromatic nitrogens is 1. The quantitative estimate of drug-likeness (QED) is 0.733. The van der Waals surface area contributed by atoms with Crippen LogP contribution >= 0.6 is 11.3 Å². The van der Waals surface area contributed by atoms with E-state index in [1.54, 1.807) is 11.3 Å². The van der Waals surface area contributed by atoms with Gasteiger partial charge in [-0.15, -0.1) is 11.3 Å². The zero-order chi connectivity index (χ0) is 12.8. The van der Waals surface area contributed by atoms with Gasteiger partial charge in [-0.2, -0.15) is 0 Å². The predicted octanol–water partition coefficient (Wildman–Crippen LogP) is 2.48. The Morgan fingerprint density at radius 2 is 2.24 bits per heavy atom. The largest absolute Gasteiger partial charge is 0.466 e. The van der Waals surface area contributed by atoms with Crippen LogP contribution in [0.4, 0.5) is 5.13 Å². The van der Waals surface area contributed by atoms with Gasteiger partial charge in [0.05, 0.1) is 18.7 Å². The Labute approximate surface area is 107 Å². The number of hydrogen-bond donors (Lipinski definition) is 0. The maximum Gasteiger partial charge on any atom is 0.311 e. The van der Waals surface area contributed by atoms with Gasteiger partial charge in [-0.25, -0.2) is 4.98 Å². The Kier molecular flexibility index (Phi) is 5.41. The van der Waals surface area contributed by atoms with Gasteiger partial charge >= 0.3 is 5.97 Å². The second-order valence-electron chi connectivity index (χ2n) is 3.98. The fraction of sp³-hybridized carbons (Fsp3) is 0.667. The molecule has 0 amide bonds. The summed E-state index contributed by atoms with van der Waals surface area (Å²) in [7, 11) is 0. The van der Waals surface area contributed by atoms with Crippen molar-refractivity contribution >= 4 is 22.4 Å². The normalized spacial score (nSPS) is 10.6. The van der Waals surface area contributed by atoms with E-state index in [-0.39, 0.29) is 12.4 Å². The number of thiazole rings is 1. The van der Waals surface area contributed by atoms with Gasteiger partial charge in [0.25, 0.3) is 0 Å². The molecule has 0 N–H and O–H groups in total. The second kappa shape index (κ2) is 6.59. The summed E-state index contributed by atoms with van der Waals surface area (Å²) in [4.78, 5) is 18.0. The zero-order valence-corrected chi connectivity index (χ0v) is 11.7. The molecule has 4 nitrogen and oxygen atoms in total. The molecule has 1 aromatic rings. The van der Waals surface area contributed by atoms with Crippen molar-refractivity contribution in [2.45, 2.75) is 40.2 Å². The minimum absolute atomic E-state index is 0.211. The van der Waals surface area contributed by atoms with Crippen LogP contribution < -0.4 is 4.90 Å². The van der Waals surface area contributed by atoms with Crippen molar-refractivity contribution in [3.05, 3.63) is 11.1 Å². The van der Waals surface area contributed by atoms with Gasteiger partial charge in [0.15, 0.2) is 5.13 Å². The highest BCUT2D eigenvalue weighted by atomic mass is 32.1. The highest BCUT2D eigenvalue weighted by molar-refractivity contribution is 7.13. The lowest BCUT2D eigenvalue weighted by Gasteiger charge is -2.23. The number of carbonyl (C=O) groups excluding carboxylic acids is 1. The molecule has 0 aliphatic heterocycles. The molecule has 96 valence electrons. The van der Waals surface area contributed by atoms with E-state index in [1.807, 2.05) is 12.3 Å². The number of anilines is 1. The summed E-state index contributed by atoms with van der Waals surface area (Å²) >= 11 is 1.58. The molecule has 0 fully saturated rings. The number of esters is 1. The van der Waals surface area contributed by atoms with Gasteiger partial charge in [0.2, 0.25) is 0 Å². The lowest BCUT2D eigenvalue weighted by Crippen LogP contribution is -2.30. The van der Waals surface area contributed by atoms with Crippen molar-refractivity contribution in [1.82, 2.24) is 4.98 Å². The summed E-state index contributed by atoms with van der Waals surface area (Å²) in [5.41, 5.74) is 0.794. The lowest BCUT2D eigenvalue weighted by atomic mass is 10.3. The average Bonchev–Trinajstić information content (AvgIpc) is 2.67. The van der Waals surface area contributed by atoms with E-state index in [0.717, 1.165) is 17.4 Å². The van der Waals surface area contributed by atoms with Crippen molar-refractivity contribution < 1.29 is 9.53 Å². The Morgan fingerprint density at radius 1 is 1.53 bits per heavy atom. The third-order valence-electron chi connectivity index (χ3n) is 2.38. The van der Waals surface area contributed by atoms with Crippen molar-refractivity contribution in [2.75, 3.05) is 18.1 Å². The summed E-state index contributed by atoms with van der Waals surface area (Å²) in [6.07, 6.45) is 0.264. The first-order chi connectivity index (χ1) is 8.08. The molecular weight excluding hydrogens is 236 g/mol. The van der Waals surface area contributed by atoms with E-state index in [4.69, 9.17) is 4.74 Å². The highest BCUT2D eigenvalue weighted by Crippen LogP contribution is 2.22. The molecule has 0 saturated carbocycles. The Morgan fingerprint density at radius 3 is 2.76 bits per heavy atom. The zero-order valence-electron chi connectivity index (χ0n) is 10.9. The van der Waals surface area contributed by atoms with E-state index in [2.05, 4.69) is 30.7 Å². The third-order valence-corrected chi connectivity index (χ3v) is 3.31. The summed E-state index contributed by atoms with van der Waals surface area (Å²) in [5, 5.41) is 2.90.